The maximum absolute atomic E-state index is 7.18. The molecule has 1 radical (unpaired) electrons. The van der Waals surface area contributed by atoms with E-state index >= 15 is 0 Å². The normalized spacial score (nSPS) is 1.60. The molecular formula is CH2AgNNaS. The Morgan fingerprint density at radius 2 is 1.80 bits per heavy atom. The topological polar surface area (TPSA) is 23.8 Å². The van der Waals surface area contributed by atoms with Gasteiger partial charge in [-0.25, -0.2) is 0 Å². The van der Waals surface area contributed by atoms with Crippen molar-refractivity contribution in [3.05, 3.63) is 0 Å². The van der Waals surface area contributed by atoms with Gasteiger partial charge in [0.25, 0.3) is 0 Å². The number of hydrogen-bond donors (Lipinski definition) is 1. The summed E-state index contributed by atoms with van der Waals surface area (Å²) in [5.41, 5.74) is 0. The number of nitrogens with zero attached hydrogens (tertiary/aromatic N) is 1. The Morgan fingerprint density at radius 1 is 1.80 bits per heavy atom. The fraction of sp³-hybridized carbons (Fsp3) is 0. The van der Waals surface area contributed by atoms with E-state index in [4.69, 9.17) is 5.26 Å². The van der Waals surface area contributed by atoms with Gasteiger partial charge in [0.05, 0.1) is 0 Å². The van der Waals surface area contributed by atoms with Crippen LogP contribution in [0, 0.1) is 10.7 Å². The predicted molar refractivity (Wildman–Crippen MR) is 15.7 cm³/mol. The molecule has 0 atom stereocenters. The van der Waals surface area contributed by atoms with Crippen LogP contribution in [-0.2, 0) is 22.4 Å². The minimum Gasteiger partial charge on any atom is -1.00 e. The van der Waals surface area contributed by atoms with Crippen LogP contribution in [0.4, 0.5) is 0 Å². The zero-order valence-corrected chi connectivity index (χ0v) is 7.07. The van der Waals surface area contributed by atoms with Crippen LogP contribution in [0.2, 0.25) is 0 Å². The molecule has 29 valence electrons. The van der Waals surface area contributed by atoms with Crippen molar-refractivity contribution in [3.8, 4) is 5.40 Å². The van der Waals surface area contributed by atoms with Crippen LogP contribution >= 0.6 is 12.6 Å². The van der Waals surface area contributed by atoms with Crippen molar-refractivity contribution in [1.29, 1.82) is 5.26 Å². The fourth-order valence-corrected chi connectivity index (χ4v) is 0. The van der Waals surface area contributed by atoms with Crippen molar-refractivity contribution in [2.45, 2.75) is 0 Å². The average molecular weight is 191 g/mol. The molecule has 0 amide bonds. The van der Waals surface area contributed by atoms with Crippen LogP contribution in [0.1, 0.15) is 1.43 Å². The molecule has 0 aromatic carbocycles. The van der Waals surface area contributed by atoms with Gasteiger partial charge < -0.3 is 1.43 Å². The summed E-state index contributed by atoms with van der Waals surface area (Å²) >= 11 is 3.09. The largest absolute Gasteiger partial charge is 1.00 e. The fourth-order valence-electron chi connectivity index (χ4n) is 0. The van der Waals surface area contributed by atoms with E-state index in [-0.39, 0.29) is 53.4 Å². The molecule has 0 aliphatic rings. The van der Waals surface area contributed by atoms with Crippen molar-refractivity contribution in [2.75, 3.05) is 0 Å². The van der Waals surface area contributed by atoms with Crippen LogP contribution in [0.5, 0.6) is 0 Å². The summed E-state index contributed by atoms with van der Waals surface area (Å²) in [6.45, 7) is 0. The minimum atomic E-state index is 0. The van der Waals surface area contributed by atoms with E-state index in [0.29, 0.717) is 0 Å². The molecule has 0 aromatic heterocycles. The molecule has 5 heavy (non-hydrogen) atoms. The Kier molecular flexibility index (Phi) is 56.2. The molecule has 0 spiro atoms. The van der Waals surface area contributed by atoms with E-state index in [1.807, 2.05) is 0 Å². The molecule has 1 nitrogen and oxygen atoms in total. The molecule has 0 aliphatic carbocycles. The first-order valence-electron chi connectivity index (χ1n) is 0.447. The van der Waals surface area contributed by atoms with Gasteiger partial charge in [-0.2, -0.15) is 5.26 Å². The third-order valence-corrected chi connectivity index (χ3v) is 0. The van der Waals surface area contributed by atoms with Gasteiger partial charge in [-0.1, -0.05) is 12.6 Å². The third-order valence-electron chi connectivity index (χ3n) is 0. The Balaban J connectivity index is -0.00000000667. The van der Waals surface area contributed by atoms with Crippen LogP contribution in [0.15, 0.2) is 0 Å². The Hall–Kier alpha value is 1.58. The zero-order chi connectivity index (χ0) is 2.71. The molecular weight excluding hydrogens is 189 g/mol. The summed E-state index contributed by atoms with van der Waals surface area (Å²) < 4.78 is 0. The van der Waals surface area contributed by atoms with Crippen molar-refractivity contribution in [3.63, 3.8) is 0 Å². The second-order valence-electron chi connectivity index (χ2n) is 0.100. The molecule has 4 heteroatoms. The number of thiol groups is 1. The molecule has 0 bridgehead atoms. The van der Waals surface area contributed by atoms with E-state index < -0.39 is 0 Å². The van der Waals surface area contributed by atoms with Gasteiger partial charge in [-0.3, -0.25) is 0 Å². The van der Waals surface area contributed by atoms with Crippen LogP contribution in [0.25, 0.3) is 0 Å². The summed E-state index contributed by atoms with van der Waals surface area (Å²) in [5, 5.41) is 8.63. The zero-order valence-electron chi connectivity index (χ0n) is 3.70. The number of hydrogen-bond acceptors (Lipinski definition) is 2. The Bertz CT molecular complexity index is 37.0. The van der Waals surface area contributed by atoms with Gasteiger partial charge >= 0.3 is 29.6 Å². The van der Waals surface area contributed by atoms with Gasteiger partial charge in [-0.05, 0) is 0 Å². The smallest absolute Gasteiger partial charge is 1.00 e. The minimum absolute atomic E-state index is 0. The summed E-state index contributed by atoms with van der Waals surface area (Å²) in [4.78, 5) is 0. The maximum atomic E-state index is 7.18. The van der Waals surface area contributed by atoms with Crippen molar-refractivity contribution in [2.24, 2.45) is 0 Å². The molecule has 0 N–H and O–H groups in total. The summed E-state index contributed by atoms with van der Waals surface area (Å²) in [6.07, 6.45) is 0. The quantitative estimate of drug-likeness (QED) is 0.255. The predicted octanol–water partition coefficient (Wildman–Crippen LogP) is -2.49. The van der Waals surface area contributed by atoms with Crippen molar-refractivity contribution >= 4 is 12.6 Å². The molecule has 0 heterocycles. The van der Waals surface area contributed by atoms with E-state index in [1.54, 1.807) is 0 Å². The molecule has 0 fully saturated rings. The second kappa shape index (κ2) is 17.6. The van der Waals surface area contributed by atoms with Crippen LogP contribution in [-0.4, -0.2) is 0 Å². The van der Waals surface area contributed by atoms with E-state index in [9.17, 15) is 0 Å². The van der Waals surface area contributed by atoms with Gasteiger partial charge in [0, 0.05) is 22.4 Å². The van der Waals surface area contributed by atoms with E-state index in [1.165, 1.54) is 5.40 Å². The summed E-state index contributed by atoms with van der Waals surface area (Å²) in [7, 11) is 0. The van der Waals surface area contributed by atoms with Crippen LogP contribution < -0.4 is 29.6 Å². The molecule has 0 aromatic rings. The first-order valence-corrected chi connectivity index (χ1v) is 0.894. The maximum Gasteiger partial charge on any atom is 1.00 e. The SMILES string of the molecule is N#CS.[Ag].[H-].[Na+]. The third kappa shape index (κ3) is 28.6. The van der Waals surface area contributed by atoms with Gasteiger partial charge in [0.1, 0.15) is 5.40 Å². The first-order chi connectivity index (χ1) is 1.41. The Labute approximate surface area is 75.8 Å². The Morgan fingerprint density at radius 3 is 1.80 bits per heavy atom. The van der Waals surface area contributed by atoms with Crippen molar-refractivity contribution in [1.82, 2.24) is 0 Å². The average Bonchev–Trinajstić information content (AvgIpc) is 0.918. The molecule has 0 rings (SSSR count). The number of thiocyanates is 1. The molecule has 0 aliphatic heterocycles. The van der Waals surface area contributed by atoms with Gasteiger partial charge in [0.2, 0.25) is 0 Å². The molecule has 0 saturated heterocycles. The van der Waals surface area contributed by atoms with Gasteiger partial charge in [-0.15, -0.1) is 0 Å². The monoisotopic (exact) mass is 190 g/mol. The summed E-state index contributed by atoms with van der Waals surface area (Å²) in [6, 6.07) is 0. The second-order valence-corrected chi connectivity index (χ2v) is 0.300. The van der Waals surface area contributed by atoms with Crippen molar-refractivity contribution < 1.29 is 53.4 Å². The standard InChI is InChI=1S/CHNS.Ag.Na.H/c2-1-3;;;/h3H;;;/q;;+1;-1. The number of rotatable bonds is 0. The summed E-state index contributed by atoms with van der Waals surface area (Å²) in [5.74, 6) is 0. The molecule has 0 unspecified atom stereocenters. The van der Waals surface area contributed by atoms with E-state index in [0.717, 1.165) is 0 Å². The van der Waals surface area contributed by atoms with Crippen LogP contribution in [0.3, 0.4) is 0 Å². The molecule has 0 saturated carbocycles. The van der Waals surface area contributed by atoms with Gasteiger partial charge in [0.15, 0.2) is 0 Å². The number of nitriles is 1. The van der Waals surface area contributed by atoms with E-state index in [2.05, 4.69) is 12.6 Å². The first kappa shape index (κ1) is 16.0.